The molecule has 0 bridgehead atoms. The number of nitrogens with one attached hydrogen (secondary N) is 2. The van der Waals surface area contributed by atoms with Gasteiger partial charge in [-0.1, -0.05) is 42.5 Å². The monoisotopic (exact) mass is 515 g/mol. The van der Waals surface area contributed by atoms with E-state index in [0.29, 0.717) is 11.1 Å². The predicted octanol–water partition coefficient (Wildman–Crippen LogP) is 5.87. The standard InChI is InChI=1S/C31H38FN5O/c1-20(22-13-18-25(27(32)19-22)21-9-5-4-6-10-21)30(38)33-23-14-16-24(17-15-23)34-31-35-28-12-8-7-11-26(28)29(36-31)37(2)3/h4-6,9-10,13,18-20,23-24H,7-8,11-12,14-17H2,1-3H3,(H,33,38)(H,34,35,36)/t20-,23-,24+/m0/s1. The Bertz CT molecular complexity index is 1270. The Morgan fingerprint density at radius 3 is 2.39 bits per heavy atom. The molecule has 2 N–H and O–H groups in total. The maximum Gasteiger partial charge on any atom is 0.227 e. The van der Waals surface area contributed by atoms with Crippen molar-refractivity contribution < 1.29 is 9.18 Å². The van der Waals surface area contributed by atoms with Gasteiger partial charge in [-0.15, -0.1) is 0 Å². The highest BCUT2D eigenvalue weighted by Gasteiger charge is 2.26. The van der Waals surface area contributed by atoms with Crippen molar-refractivity contribution in [3.05, 3.63) is 71.2 Å². The topological polar surface area (TPSA) is 70.2 Å². The van der Waals surface area contributed by atoms with Crippen LogP contribution in [0.5, 0.6) is 0 Å². The molecule has 5 rings (SSSR count). The van der Waals surface area contributed by atoms with Crippen LogP contribution in [-0.4, -0.2) is 42.1 Å². The number of hydrogen-bond acceptors (Lipinski definition) is 5. The van der Waals surface area contributed by atoms with Gasteiger partial charge in [0, 0.05) is 37.3 Å². The summed E-state index contributed by atoms with van der Waals surface area (Å²) in [5, 5.41) is 6.78. The molecular weight excluding hydrogens is 477 g/mol. The number of benzene rings is 2. The minimum absolute atomic E-state index is 0.0538. The largest absolute Gasteiger partial charge is 0.362 e. The van der Waals surface area contributed by atoms with E-state index in [4.69, 9.17) is 9.97 Å². The molecule has 1 aromatic heterocycles. The highest BCUT2D eigenvalue weighted by molar-refractivity contribution is 5.83. The maximum absolute atomic E-state index is 14.9. The number of amides is 1. The summed E-state index contributed by atoms with van der Waals surface area (Å²) in [4.78, 5) is 24.8. The van der Waals surface area contributed by atoms with Crippen LogP contribution in [0.15, 0.2) is 48.5 Å². The molecule has 0 saturated heterocycles. The Kier molecular flexibility index (Phi) is 7.91. The average molecular weight is 516 g/mol. The summed E-state index contributed by atoms with van der Waals surface area (Å²) in [6.45, 7) is 1.84. The first kappa shape index (κ1) is 26.1. The van der Waals surface area contributed by atoms with Crippen LogP contribution in [0, 0.1) is 5.82 Å². The molecule has 1 amide bonds. The third kappa shape index (κ3) is 5.82. The van der Waals surface area contributed by atoms with E-state index >= 15 is 0 Å². The predicted molar refractivity (Wildman–Crippen MR) is 151 cm³/mol. The summed E-state index contributed by atoms with van der Waals surface area (Å²) in [5.41, 5.74) is 4.55. The molecule has 0 radical (unpaired) electrons. The number of hydrogen-bond donors (Lipinski definition) is 2. The first-order chi connectivity index (χ1) is 18.4. The quantitative estimate of drug-likeness (QED) is 0.412. The molecule has 2 aliphatic carbocycles. The lowest BCUT2D eigenvalue weighted by atomic mass is 9.90. The Labute approximate surface area is 225 Å². The zero-order valence-corrected chi connectivity index (χ0v) is 22.6. The molecule has 7 heteroatoms. The third-order valence-corrected chi connectivity index (χ3v) is 7.96. The van der Waals surface area contributed by atoms with Gasteiger partial charge in [-0.25, -0.2) is 9.37 Å². The van der Waals surface area contributed by atoms with Gasteiger partial charge in [0.2, 0.25) is 11.9 Å². The van der Waals surface area contributed by atoms with Crippen molar-refractivity contribution in [2.75, 3.05) is 24.3 Å². The van der Waals surface area contributed by atoms with Gasteiger partial charge in [-0.2, -0.15) is 4.98 Å². The van der Waals surface area contributed by atoms with Gasteiger partial charge >= 0.3 is 0 Å². The molecule has 0 aliphatic heterocycles. The minimum atomic E-state index is -0.418. The average Bonchev–Trinajstić information content (AvgIpc) is 2.93. The molecule has 0 unspecified atom stereocenters. The first-order valence-corrected chi connectivity index (χ1v) is 13.9. The summed E-state index contributed by atoms with van der Waals surface area (Å²) in [5.74, 6) is 0.971. The summed E-state index contributed by atoms with van der Waals surface area (Å²) < 4.78 is 14.9. The van der Waals surface area contributed by atoms with Gasteiger partial charge in [0.25, 0.3) is 0 Å². The SMILES string of the molecule is C[C@H](C(=O)N[C@H]1CC[C@@H](Nc2nc3c(c(N(C)C)n2)CCCC3)CC1)c1ccc(-c2ccccc2)c(F)c1. The van der Waals surface area contributed by atoms with E-state index in [-0.39, 0.29) is 23.8 Å². The number of aromatic nitrogens is 2. The molecule has 3 aromatic rings. The zero-order valence-electron chi connectivity index (χ0n) is 22.6. The van der Waals surface area contributed by atoms with Crippen LogP contribution in [0.3, 0.4) is 0 Å². The lowest BCUT2D eigenvalue weighted by Crippen LogP contribution is -2.41. The zero-order chi connectivity index (χ0) is 26.6. The Hall–Kier alpha value is -3.48. The molecule has 1 saturated carbocycles. The second kappa shape index (κ2) is 11.5. The van der Waals surface area contributed by atoms with Crippen LogP contribution in [-0.2, 0) is 17.6 Å². The number of nitrogens with zero attached hydrogens (tertiary/aromatic N) is 3. The Morgan fingerprint density at radius 1 is 0.974 bits per heavy atom. The molecule has 38 heavy (non-hydrogen) atoms. The molecule has 2 aliphatic rings. The van der Waals surface area contributed by atoms with E-state index in [0.717, 1.165) is 55.9 Å². The van der Waals surface area contributed by atoms with Gasteiger partial charge in [-0.3, -0.25) is 4.79 Å². The van der Waals surface area contributed by atoms with E-state index in [1.54, 1.807) is 6.07 Å². The molecule has 0 spiro atoms. The van der Waals surface area contributed by atoms with Crippen molar-refractivity contribution in [2.24, 2.45) is 0 Å². The first-order valence-electron chi connectivity index (χ1n) is 13.9. The smallest absolute Gasteiger partial charge is 0.227 e. The van der Waals surface area contributed by atoms with Crippen LogP contribution in [0.4, 0.5) is 16.2 Å². The van der Waals surface area contributed by atoms with Crippen LogP contribution in [0.1, 0.15) is 68.2 Å². The number of halogens is 1. The van der Waals surface area contributed by atoms with E-state index < -0.39 is 5.92 Å². The number of rotatable bonds is 7. The van der Waals surface area contributed by atoms with Crippen molar-refractivity contribution in [3.8, 4) is 11.1 Å². The lowest BCUT2D eigenvalue weighted by Gasteiger charge is -2.31. The van der Waals surface area contributed by atoms with Gasteiger partial charge < -0.3 is 15.5 Å². The van der Waals surface area contributed by atoms with E-state index in [9.17, 15) is 9.18 Å². The van der Waals surface area contributed by atoms with Crippen LogP contribution in [0.2, 0.25) is 0 Å². The molecule has 200 valence electrons. The fourth-order valence-corrected chi connectivity index (χ4v) is 5.70. The summed E-state index contributed by atoms with van der Waals surface area (Å²) in [7, 11) is 4.09. The van der Waals surface area contributed by atoms with Crippen molar-refractivity contribution in [1.29, 1.82) is 0 Å². The summed E-state index contributed by atoms with van der Waals surface area (Å²) >= 11 is 0. The molecule has 1 atom stereocenters. The second-order valence-electron chi connectivity index (χ2n) is 10.9. The lowest BCUT2D eigenvalue weighted by molar-refractivity contribution is -0.123. The van der Waals surface area contributed by atoms with Gasteiger partial charge in [0.15, 0.2) is 0 Å². The molecule has 1 heterocycles. The minimum Gasteiger partial charge on any atom is -0.362 e. The second-order valence-corrected chi connectivity index (χ2v) is 10.9. The summed E-state index contributed by atoms with van der Waals surface area (Å²) in [6, 6.07) is 15.0. The molecule has 2 aromatic carbocycles. The van der Waals surface area contributed by atoms with E-state index in [2.05, 4.69) is 15.5 Å². The number of carbonyl (C=O) groups excluding carboxylic acids is 1. The fourth-order valence-electron chi connectivity index (χ4n) is 5.70. The molecule has 6 nitrogen and oxygen atoms in total. The van der Waals surface area contributed by atoms with Gasteiger partial charge in [0.05, 0.1) is 11.6 Å². The van der Waals surface area contributed by atoms with Crippen molar-refractivity contribution in [2.45, 2.75) is 76.3 Å². The highest BCUT2D eigenvalue weighted by Crippen LogP contribution is 2.30. The normalized spacial score (nSPS) is 19.8. The van der Waals surface area contributed by atoms with Crippen molar-refractivity contribution in [3.63, 3.8) is 0 Å². The number of carbonyl (C=O) groups is 1. The number of fused-ring (bicyclic) bond motifs is 1. The Morgan fingerprint density at radius 2 is 1.68 bits per heavy atom. The van der Waals surface area contributed by atoms with Gasteiger partial charge in [0.1, 0.15) is 11.6 Å². The third-order valence-electron chi connectivity index (χ3n) is 7.96. The number of anilines is 2. The van der Waals surface area contributed by atoms with Crippen LogP contribution >= 0.6 is 0 Å². The number of aryl methyl sites for hydroxylation is 1. The van der Waals surface area contributed by atoms with Gasteiger partial charge in [-0.05, 0) is 75.5 Å². The van der Waals surface area contributed by atoms with Crippen molar-refractivity contribution >= 4 is 17.7 Å². The van der Waals surface area contributed by atoms with Crippen molar-refractivity contribution in [1.82, 2.24) is 15.3 Å². The molecule has 1 fully saturated rings. The fraction of sp³-hybridized carbons (Fsp3) is 0.452. The summed E-state index contributed by atoms with van der Waals surface area (Å²) in [6.07, 6.45) is 8.12. The molecular formula is C31H38FN5O. The van der Waals surface area contributed by atoms with E-state index in [1.165, 1.54) is 30.2 Å². The maximum atomic E-state index is 14.9. The van der Waals surface area contributed by atoms with Crippen LogP contribution < -0.4 is 15.5 Å². The van der Waals surface area contributed by atoms with E-state index in [1.807, 2.05) is 57.4 Å². The highest BCUT2D eigenvalue weighted by atomic mass is 19.1. The van der Waals surface area contributed by atoms with Crippen LogP contribution in [0.25, 0.3) is 11.1 Å². The Balaban J connectivity index is 1.16.